The molecule has 0 saturated heterocycles. The first-order valence-electron chi connectivity index (χ1n) is 10.8. The lowest BCUT2D eigenvalue weighted by Gasteiger charge is -2.24. The zero-order valence-electron chi connectivity index (χ0n) is 20.0. The average molecular weight is 576 g/mol. The minimum Gasteiger partial charge on any atom is -0.494 e. The zero-order chi connectivity index (χ0) is 26.1. The Bertz CT molecular complexity index is 1310. The summed E-state index contributed by atoms with van der Waals surface area (Å²) in [6, 6.07) is 17.9. The van der Waals surface area contributed by atoms with Gasteiger partial charge in [0.25, 0.3) is 15.9 Å². The van der Waals surface area contributed by atoms with E-state index in [-0.39, 0.29) is 4.90 Å². The number of hydrogen-bond acceptors (Lipinski definition) is 7. The highest BCUT2D eigenvalue weighted by molar-refractivity contribution is 9.10. The summed E-state index contributed by atoms with van der Waals surface area (Å²) in [6.07, 6.45) is 1.39. The van der Waals surface area contributed by atoms with Crippen LogP contribution < -0.4 is 23.9 Å². The molecule has 3 rings (SSSR count). The maximum absolute atomic E-state index is 13.5. The molecule has 3 aromatic carbocycles. The highest BCUT2D eigenvalue weighted by Gasteiger charge is 2.27. The highest BCUT2D eigenvalue weighted by Crippen LogP contribution is 2.29. The van der Waals surface area contributed by atoms with Crippen LogP contribution in [-0.4, -0.2) is 47.9 Å². The van der Waals surface area contributed by atoms with E-state index in [1.807, 2.05) is 6.92 Å². The number of benzene rings is 3. The smallest absolute Gasteiger partial charge is 0.264 e. The maximum atomic E-state index is 13.5. The predicted molar refractivity (Wildman–Crippen MR) is 142 cm³/mol. The van der Waals surface area contributed by atoms with E-state index in [4.69, 9.17) is 14.2 Å². The number of hydrazone groups is 1. The van der Waals surface area contributed by atoms with Crippen LogP contribution in [0.3, 0.4) is 0 Å². The molecule has 0 unspecified atom stereocenters. The van der Waals surface area contributed by atoms with Gasteiger partial charge < -0.3 is 14.2 Å². The fourth-order valence-corrected chi connectivity index (χ4v) is 4.96. The number of ether oxygens (including phenoxy) is 3. The molecule has 11 heteroatoms. The summed E-state index contributed by atoms with van der Waals surface area (Å²) in [5.41, 5.74) is 3.25. The van der Waals surface area contributed by atoms with Gasteiger partial charge in [-0.2, -0.15) is 5.10 Å². The quantitative estimate of drug-likeness (QED) is 0.271. The maximum Gasteiger partial charge on any atom is 0.264 e. The molecule has 1 N–H and O–H groups in total. The van der Waals surface area contributed by atoms with Gasteiger partial charge in [0.05, 0.1) is 37.6 Å². The third kappa shape index (κ3) is 6.55. The van der Waals surface area contributed by atoms with Crippen molar-refractivity contribution in [3.63, 3.8) is 0 Å². The van der Waals surface area contributed by atoms with Crippen molar-refractivity contribution < 1.29 is 27.4 Å². The van der Waals surface area contributed by atoms with Crippen molar-refractivity contribution in [3.8, 4) is 17.2 Å². The van der Waals surface area contributed by atoms with Gasteiger partial charge in [-0.05, 0) is 67.6 Å². The first-order chi connectivity index (χ1) is 17.3. The normalized spacial score (nSPS) is 11.2. The Morgan fingerprint density at radius 1 is 1.03 bits per heavy atom. The van der Waals surface area contributed by atoms with Crippen molar-refractivity contribution in [1.29, 1.82) is 0 Å². The summed E-state index contributed by atoms with van der Waals surface area (Å²) < 4.78 is 44.7. The molecule has 0 aliphatic heterocycles. The summed E-state index contributed by atoms with van der Waals surface area (Å²) in [7, 11) is -1.05. The molecule has 1 amide bonds. The molecule has 190 valence electrons. The Kier molecular flexibility index (Phi) is 9.31. The number of carbonyl (C=O) groups excluding carboxylic acids is 1. The monoisotopic (exact) mass is 575 g/mol. The lowest BCUT2D eigenvalue weighted by Crippen LogP contribution is -2.39. The van der Waals surface area contributed by atoms with Gasteiger partial charge in [-0.25, -0.2) is 13.8 Å². The largest absolute Gasteiger partial charge is 0.494 e. The number of halogens is 1. The topological polar surface area (TPSA) is 107 Å². The fraction of sp³-hybridized carbons (Fsp3) is 0.200. The van der Waals surface area contributed by atoms with Crippen LogP contribution in [0.1, 0.15) is 12.5 Å². The first-order valence-corrected chi connectivity index (χ1v) is 13.1. The Morgan fingerprint density at radius 3 is 2.33 bits per heavy atom. The first kappa shape index (κ1) is 27.0. The molecular weight excluding hydrogens is 550 g/mol. The summed E-state index contributed by atoms with van der Waals surface area (Å²) in [6.45, 7) is 1.82. The van der Waals surface area contributed by atoms with Crippen LogP contribution in [-0.2, 0) is 14.8 Å². The standard InChI is InChI=1S/C25H26BrN3O6S/c1-4-35-21-12-10-20(11-13-21)29(36(31,32)22-14-8-19(26)9-15-22)17-24(30)28-27-16-18-6-5-7-23(33-2)25(18)34-3/h5-16H,4,17H2,1-3H3,(H,28,30)/b27-16-. The molecule has 0 aliphatic rings. The van der Waals surface area contributed by atoms with Crippen molar-refractivity contribution >= 4 is 43.8 Å². The summed E-state index contributed by atoms with van der Waals surface area (Å²) >= 11 is 3.30. The third-order valence-corrected chi connectivity index (χ3v) is 7.27. The molecule has 0 saturated carbocycles. The molecule has 0 spiro atoms. The van der Waals surface area contributed by atoms with Gasteiger partial charge in [-0.3, -0.25) is 9.10 Å². The Balaban J connectivity index is 1.85. The van der Waals surface area contributed by atoms with Crippen molar-refractivity contribution in [1.82, 2.24) is 5.43 Å². The second-order valence-corrected chi connectivity index (χ2v) is 10.0. The highest BCUT2D eigenvalue weighted by atomic mass is 79.9. The van der Waals surface area contributed by atoms with Gasteiger partial charge in [0.1, 0.15) is 12.3 Å². The Labute approximate surface area is 218 Å². The minimum atomic E-state index is -4.07. The third-order valence-electron chi connectivity index (χ3n) is 4.95. The molecule has 0 aromatic heterocycles. The number of rotatable bonds is 11. The van der Waals surface area contributed by atoms with Gasteiger partial charge in [-0.15, -0.1) is 0 Å². The van der Waals surface area contributed by atoms with E-state index in [2.05, 4.69) is 26.5 Å². The number of nitrogens with one attached hydrogen (secondary N) is 1. The fourth-order valence-electron chi connectivity index (χ4n) is 3.28. The number of para-hydroxylation sites is 1. The van der Waals surface area contributed by atoms with Crippen LogP contribution in [0.25, 0.3) is 0 Å². The summed E-state index contributed by atoms with van der Waals surface area (Å²) in [5.74, 6) is 0.910. The molecule has 36 heavy (non-hydrogen) atoms. The van der Waals surface area contributed by atoms with Crippen molar-refractivity contribution in [2.45, 2.75) is 11.8 Å². The number of methoxy groups -OCH3 is 2. The number of hydrogen-bond donors (Lipinski definition) is 1. The van der Waals surface area contributed by atoms with Gasteiger partial charge in [0.2, 0.25) is 0 Å². The van der Waals surface area contributed by atoms with Crippen molar-refractivity contribution in [3.05, 3.63) is 76.8 Å². The van der Waals surface area contributed by atoms with Crippen LogP contribution >= 0.6 is 15.9 Å². The SMILES string of the molecule is CCOc1ccc(N(CC(=O)N/N=C\c2cccc(OC)c2OC)S(=O)(=O)c2ccc(Br)cc2)cc1. The van der Waals surface area contributed by atoms with E-state index in [1.165, 1.54) is 32.6 Å². The molecule has 0 heterocycles. The summed E-state index contributed by atoms with van der Waals surface area (Å²) in [5, 5.41) is 3.97. The van der Waals surface area contributed by atoms with E-state index >= 15 is 0 Å². The summed E-state index contributed by atoms with van der Waals surface area (Å²) in [4.78, 5) is 12.8. The van der Waals surface area contributed by atoms with E-state index in [0.717, 1.165) is 8.78 Å². The second kappa shape index (κ2) is 12.4. The Hall–Kier alpha value is -3.57. The minimum absolute atomic E-state index is 0.0389. The number of anilines is 1. The lowest BCUT2D eigenvalue weighted by molar-refractivity contribution is -0.119. The van der Waals surface area contributed by atoms with Crippen LogP contribution in [0, 0.1) is 0 Å². The lowest BCUT2D eigenvalue weighted by atomic mass is 10.2. The molecule has 0 atom stereocenters. The van der Waals surface area contributed by atoms with E-state index in [9.17, 15) is 13.2 Å². The van der Waals surface area contributed by atoms with Crippen LogP contribution in [0.15, 0.2) is 81.2 Å². The van der Waals surface area contributed by atoms with Crippen LogP contribution in [0.4, 0.5) is 5.69 Å². The number of amides is 1. The van der Waals surface area contributed by atoms with E-state index < -0.39 is 22.5 Å². The molecule has 0 radical (unpaired) electrons. The number of carbonyl (C=O) groups is 1. The molecule has 9 nitrogen and oxygen atoms in total. The van der Waals surface area contributed by atoms with Crippen molar-refractivity contribution in [2.24, 2.45) is 5.10 Å². The molecule has 0 aliphatic carbocycles. The second-order valence-electron chi connectivity index (χ2n) is 7.27. The van der Waals surface area contributed by atoms with Crippen molar-refractivity contribution in [2.75, 3.05) is 31.7 Å². The zero-order valence-corrected chi connectivity index (χ0v) is 22.4. The van der Waals surface area contributed by atoms with Crippen LogP contribution in [0.5, 0.6) is 17.2 Å². The van der Waals surface area contributed by atoms with Gasteiger partial charge >= 0.3 is 0 Å². The number of sulfonamides is 1. The average Bonchev–Trinajstić information content (AvgIpc) is 2.88. The van der Waals surface area contributed by atoms with Gasteiger partial charge in [0, 0.05) is 10.0 Å². The number of nitrogens with zero attached hydrogens (tertiary/aromatic N) is 2. The van der Waals surface area contributed by atoms with E-state index in [0.29, 0.717) is 35.1 Å². The molecule has 0 bridgehead atoms. The van der Waals surface area contributed by atoms with E-state index in [1.54, 1.807) is 54.6 Å². The van der Waals surface area contributed by atoms with Crippen LogP contribution in [0.2, 0.25) is 0 Å². The molecule has 0 fully saturated rings. The molecule has 3 aromatic rings. The van der Waals surface area contributed by atoms with Gasteiger partial charge in [-0.1, -0.05) is 22.0 Å². The molecular formula is C25H26BrN3O6S. The predicted octanol–water partition coefficient (Wildman–Crippen LogP) is 4.21. The Morgan fingerprint density at radius 2 is 1.72 bits per heavy atom. The van der Waals surface area contributed by atoms with Gasteiger partial charge in [0.15, 0.2) is 11.5 Å².